The minimum Gasteiger partial charge on any atom is -0.368 e. The molecule has 0 bridgehead atoms. The van der Waals surface area contributed by atoms with Crippen LogP contribution >= 0.6 is 0 Å². The second kappa shape index (κ2) is 13.5. The van der Waals surface area contributed by atoms with Gasteiger partial charge in [-0.25, -0.2) is 4.39 Å². The molecule has 2 fully saturated rings. The minimum atomic E-state index is -0.259. The first-order valence-corrected chi connectivity index (χ1v) is 14.5. The molecule has 2 aliphatic rings. The van der Waals surface area contributed by atoms with Crippen molar-refractivity contribution in [1.82, 2.24) is 10.2 Å². The van der Waals surface area contributed by atoms with Crippen LogP contribution in [0.4, 0.5) is 4.39 Å². The molecule has 0 aliphatic heterocycles. The summed E-state index contributed by atoms with van der Waals surface area (Å²) in [5.74, 6) is 0.744. The van der Waals surface area contributed by atoms with Gasteiger partial charge < -0.3 is 10.2 Å². The number of benzene rings is 1. The molecule has 2 saturated carbocycles. The third-order valence-electron chi connectivity index (χ3n) is 8.20. The first kappa shape index (κ1) is 30.0. The molecule has 0 aromatic heterocycles. The Morgan fingerprint density at radius 2 is 1.76 bits per heavy atom. The maximum atomic E-state index is 13.5. The van der Waals surface area contributed by atoms with Crippen LogP contribution in [0, 0.1) is 29.0 Å². The third-order valence-corrected chi connectivity index (χ3v) is 8.20. The van der Waals surface area contributed by atoms with Gasteiger partial charge in [-0.1, -0.05) is 59.1 Å². The van der Waals surface area contributed by atoms with E-state index in [4.69, 9.17) is 0 Å². The topological polar surface area (TPSA) is 61.8 Å². The summed E-state index contributed by atoms with van der Waals surface area (Å²) < 4.78 is 13.5. The Labute approximate surface area is 229 Å². The Hall–Kier alpha value is -2.50. The van der Waals surface area contributed by atoms with Crippen molar-refractivity contribution < 1.29 is 14.0 Å². The van der Waals surface area contributed by atoms with Gasteiger partial charge in [0.25, 0.3) is 0 Å². The maximum absolute atomic E-state index is 13.5. The first-order chi connectivity index (χ1) is 18.0. The number of hydrogen-bond donors (Lipinski definition) is 1. The summed E-state index contributed by atoms with van der Waals surface area (Å²) in [5.41, 5.74) is 1.75. The van der Waals surface area contributed by atoms with E-state index in [0.29, 0.717) is 18.3 Å². The lowest BCUT2D eigenvalue weighted by Gasteiger charge is -2.36. The van der Waals surface area contributed by atoms with Gasteiger partial charge in [-0.2, -0.15) is 0 Å². The molecule has 5 nitrogen and oxygen atoms in total. The average molecular weight is 526 g/mol. The fraction of sp³-hybridized carbons (Fsp3) is 0.656. The molecule has 6 heteroatoms. The Morgan fingerprint density at radius 1 is 1.13 bits per heavy atom. The monoisotopic (exact) mass is 525 g/mol. The second-order valence-electron chi connectivity index (χ2n) is 12.6. The number of Topliss-reactive ketones (excluding diaryl/α,β-unsaturated/α-hetero) is 1. The highest BCUT2D eigenvalue weighted by atomic mass is 19.1. The number of rotatable bonds is 14. The second-order valence-corrected chi connectivity index (χ2v) is 12.6. The van der Waals surface area contributed by atoms with E-state index in [1.54, 1.807) is 12.1 Å². The van der Waals surface area contributed by atoms with Crippen molar-refractivity contribution in [3.63, 3.8) is 0 Å². The molecule has 3 unspecified atom stereocenters. The standard InChI is InChI=1S/C32H48FN3O2/c1-22(31(38)35-29(24-12-8-9-13-24)25-17-19-26(33)20-18-25)11-7-10-14-28(37)30(32(2,3)4)36(6)21-27(34-5)23-15-16-23/h17-24,29-30H,5,7-16H2,1-4,6H3,(H,35,38)/b27-21-. The van der Waals surface area contributed by atoms with Crippen LogP contribution in [0.25, 0.3) is 0 Å². The highest BCUT2D eigenvalue weighted by molar-refractivity contribution is 5.85. The fourth-order valence-corrected chi connectivity index (χ4v) is 6.01. The van der Waals surface area contributed by atoms with Crippen LogP contribution in [-0.4, -0.2) is 36.4 Å². The number of allylic oxidation sites excluding steroid dienone is 1. The number of nitrogens with one attached hydrogen (secondary N) is 1. The average Bonchev–Trinajstić information content (AvgIpc) is 3.56. The zero-order chi connectivity index (χ0) is 27.9. The van der Waals surface area contributed by atoms with Crippen molar-refractivity contribution in [2.45, 2.75) is 104 Å². The van der Waals surface area contributed by atoms with Gasteiger partial charge in [-0.05, 0) is 74.3 Å². The fourth-order valence-electron chi connectivity index (χ4n) is 6.01. The quantitative estimate of drug-likeness (QED) is 0.206. The predicted molar refractivity (Wildman–Crippen MR) is 153 cm³/mol. The highest BCUT2D eigenvalue weighted by Crippen LogP contribution is 2.38. The van der Waals surface area contributed by atoms with Gasteiger partial charge in [0.1, 0.15) is 5.82 Å². The maximum Gasteiger partial charge on any atom is 0.223 e. The van der Waals surface area contributed by atoms with Crippen LogP contribution in [0.15, 0.2) is 41.2 Å². The van der Waals surface area contributed by atoms with Crippen LogP contribution < -0.4 is 5.32 Å². The molecule has 1 N–H and O–H groups in total. The predicted octanol–water partition coefficient (Wildman–Crippen LogP) is 7.24. The minimum absolute atomic E-state index is 0.0412. The smallest absolute Gasteiger partial charge is 0.223 e. The van der Waals surface area contributed by atoms with E-state index in [9.17, 15) is 14.0 Å². The van der Waals surface area contributed by atoms with Gasteiger partial charge in [0.2, 0.25) is 5.91 Å². The van der Waals surface area contributed by atoms with Gasteiger partial charge in [-0.3, -0.25) is 14.6 Å². The van der Waals surface area contributed by atoms with Crippen LogP contribution in [0.2, 0.25) is 0 Å². The van der Waals surface area contributed by atoms with Gasteiger partial charge in [0.05, 0.1) is 17.8 Å². The number of carbonyl (C=O) groups excluding carboxylic acids is 2. The Morgan fingerprint density at radius 3 is 2.32 bits per heavy atom. The van der Waals surface area contributed by atoms with Crippen molar-refractivity contribution >= 4 is 18.4 Å². The van der Waals surface area contributed by atoms with E-state index < -0.39 is 0 Å². The number of ketones is 1. The number of hydrogen-bond acceptors (Lipinski definition) is 4. The zero-order valence-electron chi connectivity index (χ0n) is 24.1. The molecule has 1 aromatic rings. The van der Waals surface area contributed by atoms with Crippen molar-refractivity contribution in [2.24, 2.45) is 28.2 Å². The number of halogens is 1. The molecule has 0 radical (unpaired) electrons. The summed E-state index contributed by atoms with van der Waals surface area (Å²) in [4.78, 5) is 32.7. The van der Waals surface area contributed by atoms with Gasteiger partial charge in [-0.15, -0.1) is 0 Å². The summed E-state index contributed by atoms with van der Waals surface area (Å²) in [7, 11) is 1.97. The number of aliphatic imine (C=N–C) groups is 1. The normalized spacial score (nSPS) is 19.1. The number of carbonyl (C=O) groups is 2. The van der Waals surface area contributed by atoms with E-state index in [2.05, 4.69) is 37.8 Å². The Balaban J connectivity index is 1.51. The largest absolute Gasteiger partial charge is 0.368 e. The Bertz CT molecular complexity index is 971. The lowest BCUT2D eigenvalue weighted by atomic mass is 9.81. The summed E-state index contributed by atoms with van der Waals surface area (Å²) in [6.07, 6.45) is 11.6. The van der Waals surface area contributed by atoms with Crippen molar-refractivity contribution in [1.29, 1.82) is 0 Å². The Kier molecular flexibility index (Phi) is 10.7. The summed E-state index contributed by atoms with van der Waals surface area (Å²) >= 11 is 0. The molecular weight excluding hydrogens is 477 g/mol. The van der Waals surface area contributed by atoms with Crippen LogP contribution in [0.3, 0.4) is 0 Å². The van der Waals surface area contributed by atoms with E-state index in [-0.39, 0.29) is 40.9 Å². The molecule has 2 aliphatic carbocycles. The van der Waals surface area contributed by atoms with Gasteiger partial charge in [0, 0.05) is 31.5 Å². The van der Waals surface area contributed by atoms with E-state index in [0.717, 1.165) is 56.2 Å². The molecule has 38 heavy (non-hydrogen) atoms. The van der Waals surface area contributed by atoms with Crippen LogP contribution in [0.5, 0.6) is 0 Å². The number of amides is 1. The summed E-state index contributed by atoms with van der Waals surface area (Å²) in [6, 6.07) is 6.24. The van der Waals surface area contributed by atoms with E-state index >= 15 is 0 Å². The molecule has 1 amide bonds. The lowest BCUT2D eigenvalue weighted by molar-refractivity contribution is -0.126. The molecular formula is C32H48FN3O2. The van der Waals surface area contributed by atoms with Crippen molar-refractivity contribution in [3.8, 4) is 0 Å². The van der Waals surface area contributed by atoms with Crippen LogP contribution in [0.1, 0.15) is 104 Å². The highest BCUT2D eigenvalue weighted by Gasteiger charge is 2.35. The van der Waals surface area contributed by atoms with Crippen molar-refractivity contribution in [2.75, 3.05) is 7.05 Å². The molecule has 210 valence electrons. The number of nitrogens with zero attached hydrogens (tertiary/aromatic N) is 2. The van der Waals surface area contributed by atoms with E-state index in [1.165, 1.54) is 25.0 Å². The molecule has 1 aromatic carbocycles. The lowest BCUT2D eigenvalue weighted by Crippen LogP contribution is -2.45. The van der Waals surface area contributed by atoms with Crippen LogP contribution in [-0.2, 0) is 9.59 Å². The SMILES string of the molecule is C=N/C(=C\N(C)C(C(=O)CCCCC(C)C(=O)NC(c1ccc(F)cc1)C1CCCC1)C(C)(C)C)C1CC1. The number of unbranched alkanes of at least 4 members (excludes halogenated alkanes) is 1. The van der Waals surface area contributed by atoms with Crippen molar-refractivity contribution in [3.05, 3.63) is 47.5 Å². The van der Waals surface area contributed by atoms with E-state index in [1.807, 2.05) is 25.1 Å². The molecule has 3 rings (SSSR count). The third kappa shape index (κ3) is 8.51. The molecule has 0 spiro atoms. The molecule has 0 saturated heterocycles. The number of likely N-dealkylation sites (N-methyl/N-ethyl adjacent to an activating group) is 1. The van der Waals surface area contributed by atoms with Gasteiger partial charge >= 0.3 is 0 Å². The molecule has 3 atom stereocenters. The van der Waals surface area contributed by atoms with Gasteiger partial charge in [0.15, 0.2) is 5.78 Å². The summed E-state index contributed by atoms with van der Waals surface area (Å²) in [6.45, 7) is 12.0. The molecule has 0 heterocycles. The summed E-state index contributed by atoms with van der Waals surface area (Å²) in [5, 5.41) is 3.28. The first-order valence-electron chi connectivity index (χ1n) is 14.5. The zero-order valence-corrected chi connectivity index (χ0v) is 24.1.